The Balaban J connectivity index is 2.52. The predicted molar refractivity (Wildman–Crippen MR) is 69.0 cm³/mol. The number of aromatic nitrogens is 2. The SMILES string of the molecule is CCCSc1nnc(NC(=O)C=C(C)C)s1. The van der Waals surface area contributed by atoms with Crippen LogP contribution in [0.25, 0.3) is 0 Å². The van der Waals surface area contributed by atoms with Crippen molar-refractivity contribution in [2.24, 2.45) is 0 Å². The molecule has 6 heteroatoms. The van der Waals surface area contributed by atoms with E-state index >= 15 is 0 Å². The fourth-order valence-electron chi connectivity index (χ4n) is 0.912. The zero-order chi connectivity index (χ0) is 12.0. The van der Waals surface area contributed by atoms with Crippen molar-refractivity contribution in [1.29, 1.82) is 0 Å². The third-order valence-corrected chi connectivity index (χ3v) is 3.66. The van der Waals surface area contributed by atoms with E-state index in [1.165, 1.54) is 11.3 Å². The van der Waals surface area contributed by atoms with Crippen molar-refractivity contribution in [3.05, 3.63) is 11.6 Å². The van der Waals surface area contributed by atoms with Gasteiger partial charge in [-0.1, -0.05) is 35.6 Å². The van der Waals surface area contributed by atoms with Gasteiger partial charge in [0.15, 0.2) is 4.34 Å². The average Bonchev–Trinajstić information content (AvgIpc) is 2.61. The van der Waals surface area contributed by atoms with Crippen LogP contribution in [0.5, 0.6) is 0 Å². The number of carbonyl (C=O) groups is 1. The van der Waals surface area contributed by atoms with Crippen LogP contribution in [0, 0.1) is 0 Å². The number of amides is 1. The van der Waals surface area contributed by atoms with Crippen LogP contribution in [-0.2, 0) is 4.79 Å². The Morgan fingerprint density at radius 3 is 2.88 bits per heavy atom. The summed E-state index contributed by atoms with van der Waals surface area (Å²) < 4.78 is 0.898. The largest absolute Gasteiger partial charge is 0.297 e. The van der Waals surface area contributed by atoms with Crippen molar-refractivity contribution in [3.63, 3.8) is 0 Å². The molecule has 0 radical (unpaired) electrons. The Labute approximate surface area is 104 Å². The highest BCUT2D eigenvalue weighted by Gasteiger charge is 2.06. The lowest BCUT2D eigenvalue weighted by atomic mass is 10.3. The molecule has 0 aromatic carbocycles. The van der Waals surface area contributed by atoms with Crippen molar-refractivity contribution in [2.75, 3.05) is 11.1 Å². The monoisotopic (exact) mass is 257 g/mol. The number of anilines is 1. The fourth-order valence-corrected chi connectivity index (χ4v) is 2.59. The fraction of sp³-hybridized carbons (Fsp3) is 0.500. The number of allylic oxidation sites excluding steroid dienone is 1. The molecule has 1 aromatic heterocycles. The molecule has 1 rings (SSSR count). The number of nitrogens with one attached hydrogen (secondary N) is 1. The maximum absolute atomic E-state index is 11.4. The smallest absolute Gasteiger partial charge is 0.250 e. The van der Waals surface area contributed by atoms with Gasteiger partial charge in [-0.15, -0.1) is 10.2 Å². The van der Waals surface area contributed by atoms with Gasteiger partial charge < -0.3 is 0 Å². The van der Waals surface area contributed by atoms with E-state index in [0.29, 0.717) is 5.13 Å². The van der Waals surface area contributed by atoms with Gasteiger partial charge in [0, 0.05) is 11.8 Å². The molecule has 4 nitrogen and oxygen atoms in total. The van der Waals surface area contributed by atoms with E-state index < -0.39 is 0 Å². The lowest BCUT2D eigenvalue weighted by molar-refractivity contribution is -0.111. The highest BCUT2D eigenvalue weighted by Crippen LogP contribution is 2.25. The summed E-state index contributed by atoms with van der Waals surface area (Å²) in [5.41, 5.74) is 0.961. The normalized spacial score (nSPS) is 9.94. The van der Waals surface area contributed by atoms with Gasteiger partial charge in [0.25, 0.3) is 0 Å². The minimum Gasteiger partial charge on any atom is -0.297 e. The Kier molecular flexibility index (Phi) is 5.48. The number of carbonyl (C=O) groups excluding carboxylic acids is 1. The Bertz CT molecular complexity index is 383. The van der Waals surface area contributed by atoms with Gasteiger partial charge in [-0.3, -0.25) is 10.1 Å². The van der Waals surface area contributed by atoms with Crippen LogP contribution in [0.1, 0.15) is 27.2 Å². The number of rotatable bonds is 5. The first-order valence-electron chi connectivity index (χ1n) is 5.04. The summed E-state index contributed by atoms with van der Waals surface area (Å²) in [5, 5.41) is 11.1. The van der Waals surface area contributed by atoms with Crippen molar-refractivity contribution in [3.8, 4) is 0 Å². The zero-order valence-electron chi connectivity index (χ0n) is 9.61. The second-order valence-corrected chi connectivity index (χ2v) is 5.75. The summed E-state index contributed by atoms with van der Waals surface area (Å²) in [4.78, 5) is 11.4. The molecule has 0 spiro atoms. The van der Waals surface area contributed by atoms with Crippen molar-refractivity contribution >= 4 is 34.1 Å². The molecule has 0 aliphatic carbocycles. The lowest BCUT2D eigenvalue weighted by Crippen LogP contribution is -2.07. The molecule has 16 heavy (non-hydrogen) atoms. The number of hydrogen-bond acceptors (Lipinski definition) is 5. The van der Waals surface area contributed by atoms with Gasteiger partial charge in [-0.25, -0.2) is 0 Å². The summed E-state index contributed by atoms with van der Waals surface area (Å²) in [5.74, 6) is 0.875. The van der Waals surface area contributed by atoms with Crippen molar-refractivity contribution in [1.82, 2.24) is 10.2 Å². The summed E-state index contributed by atoms with van der Waals surface area (Å²) in [6.45, 7) is 5.87. The number of hydrogen-bond donors (Lipinski definition) is 1. The molecule has 0 atom stereocenters. The molecule has 0 unspecified atom stereocenters. The molecule has 1 aromatic rings. The molecule has 0 saturated carbocycles. The van der Waals surface area contributed by atoms with Crippen LogP contribution >= 0.6 is 23.1 Å². The molecule has 88 valence electrons. The first kappa shape index (κ1) is 13.2. The molecule has 0 aliphatic heterocycles. The first-order valence-corrected chi connectivity index (χ1v) is 6.84. The van der Waals surface area contributed by atoms with Crippen molar-refractivity contribution < 1.29 is 4.79 Å². The van der Waals surface area contributed by atoms with Crippen molar-refractivity contribution in [2.45, 2.75) is 31.5 Å². The van der Waals surface area contributed by atoms with Gasteiger partial charge in [0.05, 0.1) is 0 Å². The maximum Gasteiger partial charge on any atom is 0.250 e. The van der Waals surface area contributed by atoms with E-state index in [2.05, 4.69) is 22.4 Å². The molecule has 0 saturated heterocycles. The van der Waals surface area contributed by atoms with Crippen LogP contribution in [0.4, 0.5) is 5.13 Å². The summed E-state index contributed by atoms with van der Waals surface area (Å²) in [7, 11) is 0. The highest BCUT2D eigenvalue weighted by atomic mass is 32.2. The molecular weight excluding hydrogens is 242 g/mol. The predicted octanol–water partition coefficient (Wildman–Crippen LogP) is 2.94. The van der Waals surface area contributed by atoms with Gasteiger partial charge in [0.1, 0.15) is 0 Å². The van der Waals surface area contributed by atoms with Crippen LogP contribution in [0.3, 0.4) is 0 Å². The van der Waals surface area contributed by atoms with Crippen LogP contribution in [0.15, 0.2) is 16.0 Å². The molecule has 0 fully saturated rings. The zero-order valence-corrected chi connectivity index (χ0v) is 11.2. The Hall–Kier alpha value is -0.880. The lowest BCUT2D eigenvalue weighted by Gasteiger charge is -1.94. The Morgan fingerprint density at radius 1 is 1.50 bits per heavy atom. The van der Waals surface area contributed by atoms with E-state index in [9.17, 15) is 4.79 Å². The second kappa shape index (κ2) is 6.65. The third kappa shape index (κ3) is 4.76. The molecule has 1 heterocycles. The standard InChI is InChI=1S/C10H15N3OS2/c1-4-5-15-10-13-12-9(16-10)11-8(14)6-7(2)3/h6H,4-5H2,1-3H3,(H,11,12,14). The third-order valence-electron chi connectivity index (χ3n) is 1.49. The van der Waals surface area contributed by atoms with E-state index in [1.807, 2.05) is 13.8 Å². The molecule has 1 amide bonds. The minimum absolute atomic E-state index is 0.150. The molecular formula is C10H15N3OS2. The maximum atomic E-state index is 11.4. The van der Waals surface area contributed by atoms with Gasteiger partial charge in [-0.2, -0.15) is 0 Å². The number of thioether (sulfide) groups is 1. The summed E-state index contributed by atoms with van der Waals surface area (Å²) >= 11 is 3.07. The minimum atomic E-state index is -0.150. The molecule has 0 bridgehead atoms. The quantitative estimate of drug-likeness (QED) is 0.500. The first-order chi connectivity index (χ1) is 7.61. The van der Waals surface area contributed by atoms with Crippen LogP contribution in [0.2, 0.25) is 0 Å². The van der Waals surface area contributed by atoms with E-state index in [-0.39, 0.29) is 5.91 Å². The van der Waals surface area contributed by atoms with Gasteiger partial charge in [-0.05, 0) is 20.3 Å². The second-order valence-electron chi connectivity index (χ2n) is 3.43. The molecule has 0 aliphatic rings. The average molecular weight is 257 g/mol. The Morgan fingerprint density at radius 2 is 2.25 bits per heavy atom. The summed E-state index contributed by atoms with van der Waals surface area (Å²) in [6, 6.07) is 0. The van der Waals surface area contributed by atoms with Gasteiger partial charge >= 0.3 is 0 Å². The number of nitrogens with zero attached hydrogens (tertiary/aromatic N) is 2. The van der Waals surface area contributed by atoms with E-state index in [1.54, 1.807) is 17.8 Å². The van der Waals surface area contributed by atoms with E-state index in [0.717, 1.165) is 22.1 Å². The summed E-state index contributed by atoms with van der Waals surface area (Å²) in [6.07, 6.45) is 2.64. The highest BCUT2D eigenvalue weighted by molar-refractivity contribution is 8.01. The van der Waals surface area contributed by atoms with Crippen LogP contribution in [-0.4, -0.2) is 21.9 Å². The van der Waals surface area contributed by atoms with Gasteiger partial charge in [0.2, 0.25) is 11.0 Å². The van der Waals surface area contributed by atoms with Crippen LogP contribution < -0.4 is 5.32 Å². The topological polar surface area (TPSA) is 54.9 Å². The van der Waals surface area contributed by atoms with E-state index in [4.69, 9.17) is 0 Å². The molecule has 1 N–H and O–H groups in total.